The van der Waals surface area contributed by atoms with Gasteiger partial charge in [0.15, 0.2) is 0 Å². The van der Waals surface area contributed by atoms with Crippen molar-refractivity contribution in [2.24, 2.45) is 0 Å². The van der Waals surface area contributed by atoms with Crippen molar-refractivity contribution < 1.29 is 9.59 Å². The summed E-state index contributed by atoms with van der Waals surface area (Å²) < 4.78 is 0. The first kappa shape index (κ1) is 34.0. The van der Waals surface area contributed by atoms with Crippen LogP contribution in [0.25, 0.3) is 0 Å². The van der Waals surface area contributed by atoms with Gasteiger partial charge in [0.1, 0.15) is 0 Å². The van der Waals surface area contributed by atoms with Crippen LogP contribution in [0.1, 0.15) is 64.4 Å². The number of hydrogen-bond donors (Lipinski definition) is 1. The third-order valence-electron chi connectivity index (χ3n) is 8.64. The Morgan fingerprint density at radius 3 is 1.82 bits per heavy atom. The van der Waals surface area contributed by atoms with Crippen LogP contribution in [0.3, 0.4) is 0 Å². The minimum absolute atomic E-state index is 0.0449. The number of amides is 4. The van der Waals surface area contributed by atoms with Crippen molar-refractivity contribution in [3.05, 3.63) is 96.6 Å². The summed E-state index contributed by atoms with van der Waals surface area (Å²) in [5.74, 6) is 0. The van der Waals surface area contributed by atoms with Crippen molar-refractivity contribution >= 4 is 23.4 Å². The van der Waals surface area contributed by atoms with Crippen LogP contribution in [-0.2, 0) is 6.42 Å². The summed E-state index contributed by atoms with van der Waals surface area (Å²) in [4.78, 5) is 36.3. The van der Waals surface area contributed by atoms with Crippen molar-refractivity contribution in [1.29, 1.82) is 0 Å². The molecule has 1 fully saturated rings. The zero-order chi connectivity index (χ0) is 31.7. The van der Waals surface area contributed by atoms with Crippen LogP contribution in [0.5, 0.6) is 0 Å². The molecule has 0 spiro atoms. The minimum atomic E-state index is -0.0949. The molecule has 242 valence electrons. The maximum Gasteiger partial charge on any atom is 0.329 e. The van der Waals surface area contributed by atoms with E-state index in [4.69, 9.17) is 0 Å². The molecule has 1 heterocycles. The number of piperazine rings is 1. The van der Waals surface area contributed by atoms with E-state index in [9.17, 15) is 9.59 Å². The highest BCUT2D eigenvalue weighted by atomic mass is 16.2. The lowest BCUT2D eigenvalue weighted by atomic mass is 10.1. The van der Waals surface area contributed by atoms with E-state index >= 15 is 0 Å². The molecule has 0 bridgehead atoms. The van der Waals surface area contributed by atoms with Gasteiger partial charge in [-0.15, -0.1) is 0 Å². The van der Waals surface area contributed by atoms with Gasteiger partial charge in [0, 0.05) is 32.7 Å². The average molecular weight is 612 g/mol. The Morgan fingerprint density at radius 2 is 1.27 bits per heavy atom. The van der Waals surface area contributed by atoms with Crippen molar-refractivity contribution in [2.75, 3.05) is 50.7 Å². The number of benzene rings is 3. The van der Waals surface area contributed by atoms with Crippen LogP contribution < -0.4 is 10.2 Å². The number of rotatable bonds is 16. The molecule has 1 saturated heterocycles. The lowest BCUT2D eigenvalue weighted by molar-refractivity contribution is 0.0880. The summed E-state index contributed by atoms with van der Waals surface area (Å²) >= 11 is 0. The summed E-state index contributed by atoms with van der Waals surface area (Å²) in [7, 11) is 0. The molecule has 7 heteroatoms. The predicted molar refractivity (Wildman–Crippen MR) is 186 cm³/mol. The Kier molecular flexibility index (Phi) is 14.3. The standard InChI is InChI=1S/C38H53N5O2/c1-3-5-16-28-40(29-17-6-4-2)37(44)41-30-31-42(36(32-41)25-27-39-26-24-33-18-10-7-11-19-33)38(45)43(34-20-12-8-13-21-34)35-22-14-9-15-23-35/h7-15,18-23,36,39H,3-6,16-17,24-32H2,1-2H3. The molecule has 4 amide bonds. The molecule has 1 N–H and O–H groups in total. The third-order valence-corrected chi connectivity index (χ3v) is 8.64. The first-order valence-electron chi connectivity index (χ1n) is 17.1. The van der Waals surface area contributed by atoms with E-state index < -0.39 is 0 Å². The summed E-state index contributed by atoms with van der Waals surface area (Å²) in [5, 5.41) is 3.60. The average Bonchev–Trinajstić information content (AvgIpc) is 3.08. The van der Waals surface area contributed by atoms with E-state index in [1.165, 1.54) is 5.56 Å². The van der Waals surface area contributed by atoms with Crippen LogP contribution in [0.2, 0.25) is 0 Å². The molecule has 0 aromatic heterocycles. The number of unbranched alkanes of at least 4 members (excludes halogenated alkanes) is 4. The lowest BCUT2D eigenvalue weighted by Gasteiger charge is -2.44. The molecule has 3 aromatic carbocycles. The molecule has 0 radical (unpaired) electrons. The fourth-order valence-electron chi connectivity index (χ4n) is 6.06. The smallest absolute Gasteiger partial charge is 0.325 e. The summed E-state index contributed by atoms with van der Waals surface area (Å²) in [6, 6.07) is 30.2. The van der Waals surface area contributed by atoms with E-state index in [0.717, 1.165) is 88.9 Å². The number of nitrogens with one attached hydrogen (secondary N) is 1. The molecule has 1 aliphatic rings. The van der Waals surface area contributed by atoms with Crippen molar-refractivity contribution in [3.63, 3.8) is 0 Å². The molecule has 1 unspecified atom stereocenters. The fraction of sp³-hybridized carbons (Fsp3) is 0.474. The van der Waals surface area contributed by atoms with Crippen LogP contribution in [-0.4, -0.2) is 78.6 Å². The van der Waals surface area contributed by atoms with Crippen LogP contribution >= 0.6 is 0 Å². The van der Waals surface area contributed by atoms with Crippen LogP contribution in [0, 0.1) is 0 Å². The number of nitrogens with zero attached hydrogens (tertiary/aromatic N) is 4. The molecular weight excluding hydrogens is 558 g/mol. The first-order valence-corrected chi connectivity index (χ1v) is 17.1. The number of carbonyl (C=O) groups excluding carboxylic acids is 2. The van der Waals surface area contributed by atoms with E-state index in [1.54, 1.807) is 0 Å². The second-order valence-corrected chi connectivity index (χ2v) is 12.0. The van der Waals surface area contributed by atoms with Gasteiger partial charge in [-0.05, 0) is 68.6 Å². The third kappa shape index (κ3) is 10.4. The highest BCUT2D eigenvalue weighted by molar-refractivity contribution is 5.99. The number of carbonyl (C=O) groups is 2. The predicted octanol–water partition coefficient (Wildman–Crippen LogP) is 7.96. The number of urea groups is 2. The monoisotopic (exact) mass is 611 g/mol. The minimum Gasteiger partial charge on any atom is -0.325 e. The molecule has 7 nitrogen and oxygen atoms in total. The molecule has 0 aliphatic carbocycles. The fourth-order valence-corrected chi connectivity index (χ4v) is 6.06. The zero-order valence-corrected chi connectivity index (χ0v) is 27.4. The van der Waals surface area contributed by atoms with Crippen molar-refractivity contribution in [2.45, 2.75) is 71.3 Å². The number of hydrogen-bond acceptors (Lipinski definition) is 3. The van der Waals surface area contributed by atoms with E-state index in [-0.39, 0.29) is 18.1 Å². The quantitative estimate of drug-likeness (QED) is 0.167. The van der Waals surface area contributed by atoms with Gasteiger partial charge in [-0.1, -0.05) is 106 Å². The van der Waals surface area contributed by atoms with Gasteiger partial charge < -0.3 is 20.0 Å². The Labute approximate surface area is 271 Å². The van der Waals surface area contributed by atoms with Gasteiger partial charge in [0.25, 0.3) is 0 Å². The van der Waals surface area contributed by atoms with Crippen LogP contribution in [0.4, 0.5) is 21.0 Å². The van der Waals surface area contributed by atoms with Crippen molar-refractivity contribution in [3.8, 4) is 0 Å². The first-order chi connectivity index (χ1) is 22.1. The van der Waals surface area contributed by atoms with Gasteiger partial charge in [-0.3, -0.25) is 4.90 Å². The molecular formula is C38H53N5O2. The summed E-state index contributed by atoms with van der Waals surface area (Å²) in [6.45, 7) is 9.24. The highest BCUT2D eigenvalue weighted by Crippen LogP contribution is 2.28. The number of para-hydroxylation sites is 2. The van der Waals surface area contributed by atoms with E-state index in [1.807, 2.05) is 81.4 Å². The zero-order valence-electron chi connectivity index (χ0n) is 27.4. The number of anilines is 2. The Balaban J connectivity index is 1.50. The van der Waals surface area contributed by atoms with Gasteiger partial charge in [-0.2, -0.15) is 0 Å². The summed E-state index contributed by atoms with van der Waals surface area (Å²) in [6.07, 6.45) is 8.33. The molecule has 3 aromatic rings. The largest absolute Gasteiger partial charge is 0.329 e. The van der Waals surface area contributed by atoms with Crippen molar-refractivity contribution in [1.82, 2.24) is 20.0 Å². The normalized spacial score (nSPS) is 14.8. The lowest BCUT2D eigenvalue weighted by Crippen LogP contribution is -2.61. The van der Waals surface area contributed by atoms with Gasteiger partial charge in [0.2, 0.25) is 0 Å². The summed E-state index contributed by atoms with van der Waals surface area (Å²) in [5.41, 5.74) is 2.98. The molecule has 1 aliphatic heterocycles. The Bertz CT molecular complexity index is 1210. The van der Waals surface area contributed by atoms with Gasteiger partial charge in [-0.25, -0.2) is 9.59 Å². The highest BCUT2D eigenvalue weighted by Gasteiger charge is 2.36. The maximum absolute atomic E-state index is 14.5. The second kappa shape index (κ2) is 18.8. The topological polar surface area (TPSA) is 59.1 Å². The second-order valence-electron chi connectivity index (χ2n) is 12.0. The van der Waals surface area contributed by atoms with Crippen LogP contribution in [0.15, 0.2) is 91.0 Å². The molecule has 0 saturated carbocycles. The Morgan fingerprint density at radius 1 is 0.711 bits per heavy atom. The SMILES string of the molecule is CCCCCN(CCCCC)C(=O)N1CCN(C(=O)N(c2ccccc2)c2ccccc2)C(CCNCCc2ccccc2)C1. The Hall–Kier alpha value is -3.84. The van der Waals surface area contributed by atoms with Gasteiger partial charge >= 0.3 is 12.1 Å². The molecule has 4 rings (SSSR count). The molecule has 45 heavy (non-hydrogen) atoms. The molecule has 1 atom stereocenters. The van der Waals surface area contributed by atoms with Gasteiger partial charge in [0.05, 0.1) is 17.4 Å². The maximum atomic E-state index is 14.5. The van der Waals surface area contributed by atoms with E-state index in [2.05, 4.69) is 48.3 Å². The van der Waals surface area contributed by atoms with E-state index in [0.29, 0.717) is 19.6 Å².